The SMILES string of the molecule is CC(C)[C@@H]1Cc2c(sc3nc(SCC(=O)c4ccc(Cl)cc4)n(Cc4ccccc4)c(=O)c23)CO1. The van der Waals surface area contributed by atoms with Gasteiger partial charge >= 0.3 is 0 Å². The minimum Gasteiger partial charge on any atom is -0.372 e. The summed E-state index contributed by atoms with van der Waals surface area (Å²) >= 11 is 8.78. The fourth-order valence-corrected chi connectivity index (χ4v) is 6.42. The van der Waals surface area contributed by atoms with E-state index in [1.165, 1.54) is 23.1 Å². The molecule has 0 bridgehead atoms. The van der Waals surface area contributed by atoms with Crippen molar-refractivity contribution in [3.63, 3.8) is 0 Å². The van der Waals surface area contributed by atoms with Crippen molar-refractivity contribution < 1.29 is 9.53 Å². The molecular weight excluding hydrogens is 500 g/mol. The summed E-state index contributed by atoms with van der Waals surface area (Å²) < 4.78 is 7.75. The molecule has 35 heavy (non-hydrogen) atoms. The summed E-state index contributed by atoms with van der Waals surface area (Å²) in [6.45, 7) is 5.19. The summed E-state index contributed by atoms with van der Waals surface area (Å²) in [7, 11) is 0. The molecule has 0 aliphatic carbocycles. The first kappa shape index (κ1) is 24.3. The highest BCUT2D eigenvalue weighted by atomic mass is 35.5. The second kappa shape index (κ2) is 10.3. The third-order valence-electron chi connectivity index (χ3n) is 6.22. The van der Waals surface area contributed by atoms with Crippen LogP contribution in [0.3, 0.4) is 0 Å². The van der Waals surface area contributed by atoms with Crippen molar-refractivity contribution in [1.82, 2.24) is 9.55 Å². The Labute approximate surface area is 217 Å². The molecule has 1 aliphatic heterocycles. The van der Waals surface area contributed by atoms with Gasteiger partial charge in [-0.15, -0.1) is 11.3 Å². The van der Waals surface area contributed by atoms with Gasteiger partial charge in [-0.05, 0) is 41.3 Å². The molecule has 0 amide bonds. The molecule has 8 heteroatoms. The number of thioether (sulfide) groups is 1. The smallest absolute Gasteiger partial charge is 0.263 e. The van der Waals surface area contributed by atoms with Crippen LogP contribution in [0.25, 0.3) is 10.2 Å². The normalized spacial score (nSPS) is 15.5. The molecule has 2 aromatic carbocycles. The van der Waals surface area contributed by atoms with E-state index in [4.69, 9.17) is 21.3 Å². The number of halogens is 1. The number of nitrogens with zero attached hydrogens (tertiary/aromatic N) is 2. The van der Waals surface area contributed by atoms with Crippen molar-refractivity contribution in [2.24, 2.45) is 5.92 Å². The zero-order valence-electron chi connectivity index (χ0n) is 19.5. The Balaban J connectivity index is 1.54. The fourth-order valence-electron chi connectivity index (χ4n) is 4.23. The Hall–Kier alpha value is -2.45. The first-order chi connectivity index (χ1) is 16.9. The van der Waals surface area contributed by atoms with Crippen molar-refractivity contribution in [1.29, 1.82) is 0 Å². The molecule has 0 saturated carbocycles. The van der Waals surface area contributed by atoms with E-state index in [0.717, 1.165) is 27.3 Å². The predicted molar refractivity (Wildman–Crippen MR) is 143 cm³/mol. The average Bonchev–Trinajstić information content (AvgIpc) is 3.23. The van der Waals surface area contributed by atoms with Gasteiger partial charge in [0.1, 0.15) is 4.83 Å². The van der Waals surface area contributed by atoms with E-state index in [0.29, 0.717) is 40.2 Å². The standard InChI is InChI=1S/C27H25ClN2O3S2/c1-16(2)22-12-20-23(14-33-22)35-25-24(20)26(32)30(13-17-6-4-3-5-7-17)27(29-25)34-15-21(31)18-8-10-19(28)11-9-18/h3-11,16,22H,12-15H2,1-2H3/t22-/m0/s1. The van der Waals surface area contributed by atoms with Gasteiger partial charge in [-0.25, -0.2) is 4.98 Å². The molecule has 180 valence electrons. The Morgan fingerprint density at radius 2 is 1.94 bits per heavy atom. The minimum absolute atomic E-state index is 0.0362. The summed E-state index contributed by atoms with van der Waals surface area (Å²) in [6.07, 6.45) is 0.810. The monoisotopic (exact) mass is 524 g/mol. The summed E-state index contributed by atoms with van der Waals surface area (Å²) in [6, 6.07) is 16.7. The molecule has 5 rings (SSSR count). The van der Waals surface area contributed by atoms with Crippen LogP contribution >= 0.6 is 34.7 Å². The number of Topliss-reactive ketones (excluding diaryl/α,β-unsaturated/α-hetero) is 1. The number of hydrogen-bond acceptors (Lipinski definition) is 6. The Kier molecular flexibility index (Phi) is 7.12. The van der Waals surface area contributed by atoms with Crippen LogP contribution in [-0.4, -0.2) is 27.2 Å². The molecule has 1 aliphatic rings. The molecule has 5 nitrogen and oxygen atoms in total. The van der Waals surface area contributed by atoms with E-state index in [1.807, 2.05) is 30.3 Å². The van der Waals surface area contributed by atoms with Gasteiger partial charge in [-0.1, -0.05) is 67.5 Å². The first-order valence-corrected chi connectivity index (χ1v) is 13.7. The molecule has 2 aromatic heterocycles. The lowest BCUT2D eigenvalue weighted by atomic mass is 9.96. The van der Waals surface area contributed by atoms with Crippen LogP contribution in [-0.2, 0) is 24.3 Å². The maximum atomic E-state index is 13.9. The lowest BCUT2D eigenvalue weighted by molar-refractivity contribution is 0.00200. The highest BCUT2D eigenvalue weighted by molar-refractivity contribution is 7.99. The molecule has 0 spiro atoms. The quantitative estimate of drug-likeness (QED) is 0.163. The van der Waals surface area contributed by atoms with Crippen LogP contribution in [0.2, 0.25) is 5.02 Å². The number of fused-ring (bicyclic) bond motifs is 3. The van der Waals surface area contributed by atoms with Gasteiger partial charge in [0.05, 0.1) is 30.4 Å². The summed E-state index contributed by atoms with van der Waals surface area (Å²) in [4.78, 5) is 33.4. The van der Waals surface area contributed by atoms with E-state index >= 15 is 0 Å². The number of ketones is 1. The molecule has 0 radical (unpaired) electrons. The maximum absolute atomic E-state index is 13.9. The van der Waals surface area contributed by atoms with Crippen molar-refractivity contribution in [3.8, 4) is 0 Å². The second-order valence-electron chi connectivity index (χ2n) is 8.97. The highest BCUT2D eigenvalue weighted by Gasteiger charge is 2.28. The molecule has 0 unspecified atom stereocenters. The average molecular weight is 525 g/mol. The van der Waals surface area contributed by atoms with Gasteiger partial charge in [0.25, 0.3) is 5.56 Å². The maximum Gasteiger partial charge on any atom is 0.263 e. The number of thiophene rings is 1. The summed E-state index contributed by atoms with van der Waals surface area (Å²) in [5.74, 6) is 0.509. The molecule has 4 aromatic rings. The zero-order valence-corrected chi connectivity index (χ0v) is 21.9. The molecule has 0 fully saturated rings. The molecule has 0 saturated heterocycles. The number of carbonyl (C=O) groups is 1. The topological polar surface area (TPSA) is 61.2 Å². The largest absolute Gasteiger partial charge is 0.372 e. The lowest BCUT2D eigenvalue weighted by Gasteiger charge is -2.26. The van der Waals surface area contributed by atoms with Gasteiger partial charge in [-0.2, -0.15) is 0 Å². The Morgan fingerprint density at radius 3 is 2.66 bits per heavy atom. The van der Waals surface area contributed by atoms with Gasteiger partial charge in [0, 0.05) is 21.9 Å². The van der Waals surface area contributed by atoms with Crippen LogP contribution in [0.4, 0.5) is 0 Å². The van der Waals surface area contributed by atoms with Gasteiger partial charge in [0.15, 0.2) is 10.9 Å². The minimum atomic E-state index is -0.0535. The number of carbonyl (C=O) groups excluding carboxylic acids is 1. The number of rotatable bonds is 7. The fraction of sp³-hybridized carbons (Fsp3) is 0.296. The third-order valence-corrected chi connectivity index (χ3v) is 8.55. The molecule has 1 atom stereocenters. The van der Waals surface area contributed by atoms with Crippen LogP contribution < -0.4 is 5.56 Å². The van der Waals surface area contributed by atoms with E-state index in [1.54, 1.807) is 28.8 Å². The van der Waals surface area contributed by atoms with Crippen molar-refractivity contribution in [2.45, 2.75) is 44.7 Å². The second-order valence-corrected chi connectivity index (χ2v) is 11.4. The predicted octanol–water partition coefficient (Wildman–Crippen LogP) is 6.23. The van der Waals surface area contributed by atoms with Gasteiger partial charge < -0.3 is 4.74 Å². The van der Waals surface area contributed by atoms with Gasteiger partial charge in [0.2, 0.25) is 0 Å². The van der Waals surface area contributed by atoms with Crippen molar-refractivity contribution in [2.75, 3.05) is 5.75 Å². The van der Waals surface area contributed by atoms with E-state index in [2.05, 4.69) is 13.8 Å². The van der Waals surface area contributed by atoms with E-state index in [9.17, 15) is 9.59 Å². The van der Waals surface area contributed by atoms with Gasteiger partial charge in [-0.3, -0.25) is 14.2 Å². The van der Waals surface area contributed by atoms with E-state index < -0.39 is 0 Å². The summed E-state index contributed by atoms with van der Waals surface area (Å²) in [5, 5.41) is 1.83. The van der Waals surface area contributed by atoms with Crippen LogP contribution in [0, 0.1) is 5.92 Å². The number of aromatic nitrogens is 2. The molecule has 3 heterocycles. The number of ether oxygens (including phenoxy) is 1. The first-order valence-electron chi connectivity index (χ1n) is 11.5. The molecule has 0 N–H and O–H groups in total. The van der Waals surface area contributed by atoms with Crippen LogP contribution in [0.15, 0.2) is 64.5 Å². The van der Waals surface area contributed by atoms with Crippen LogP contribution in [0.5, 0.6) is 0 Å². The Bertz CT molecular complexity index is 1430. The van der Waals surface area contributed by atoms with Crippen molar-refractivity contribution >= 4 is 50.7 Å². The van der Waals surface area contributed by atoms with Crippen molar-refractivity contribution in [3.05, 3.63) is 91.5 Å². The van der Waals surface area contributed by atoms with E-state index in [-0.39, 0.29) is 23.2 Å². The summed E-state index contributed by atoms with van der Waals surface area (Å²) in [5.41, 5.74) is 2.61. The Morgan fingerprint density at radius 1 is 1.20 bits per heavy atom. The zero-order chi connectivity index (χ0) is 24.5. The number of benzene rings is 2. The third kappa shape index (κ3) is 5.09. The van der Waals surface area contributed by atoms with Crippen LogP contribution in [0.1, 0.15) is 40.2 Å². The molecular formula is C27H25ClN2O3S2. The highest BCUT2D eigenvalue weighted by Crippen LogP contribution is 2.36. The lowest BCUT2D eigenvalue weighted by Crippen LogP contribution is -2.29. The number of hydrogen-bond donors (Lipinski definition) is 0.